The van der Waals surface area contributed by atoms with Gasteiger partial charge in [-0.2, -0.15) is 0 Å². The van der Waals surface area contributed by atoms with Crippen molar-refractivity contribution in [1.82, 2.24) is 9.38 Å². The molecule has 0 radical (unpaired) electrons. The largest absolute Gasteiger partial charge is 0.476 e. The van der Waals surface area contributed by atoms with E-state index in [0.717, 1.165) is 11.9 Å². The predicted molar refractivity (Wildman–Crippen MR) is 65.4 cm³/mol. The van der Waals surface area contributed by atoms with Gasteiger partial charge in [-0.15, -0.1) is 0 Å². The second kappa shape index (κ2) is 4.09. The van der Waals surface area contributed by atoms with Crippen LogP contribution in [0.1, 0.15) is 22.0 Å². The summed E-state index contributed by atoms with van der Waals surface area (Å²) in [5.41, 5.74) is 1.02. The van der Waals surface area contributed by atoms with Crippen LogP contribution in [0.15, 0.2) is 18.2 Å². The average Bonchev–Trinajstić information content (AvgIpc) is 2.56. The van der Waals surface area contributed by atoms with E-state index in [0.29, 0.717) is 5.52 Å². The molecule has 0 aromatic carbocycles. The fraction of sp³-hybridized carbons (Fsp3) is 0.273. The van der Waals surface area contributed by atoms with Crippen molar-refractivity contribution in [1.29, 1.82) is 0 Å². The van der Waals surface area contributed by atoms with E-state index in [1.807, 2.05) is 0 Å². The van der Waals surface area contributed by atoms with Gasteiger partial charge in [-0.05, 0) is 19.1 Å². The number of hydrogen-bond donors (Lipinski definition) is 1. The molecule has 0 bridgehead atoms. The minimum absolute atomic E-state index is 0.127. The smallest absolute Gasteiger partial charge is 0.356 e. The molecule has 0 spiro atoms. The first kappa shape index (κ1) is 12.6. The average molecular weight is 268 g/mol. The molecule has 0 atom stereocenters. The number of aryl methyl sites for hydroxylation is 1. The third-order valence-corrected chi connectivity index (χ3v) is 3.30. The van der Waals surface area contributed by atoms with Crippen molar-refractivity contribution in [3.05, 3.63) is 35.4 Å². The Morgan fingerprint density at radius 3 is 2.67 bits per heavy atom. The summed E-state index contributed by atoms with van der Waals surface area (Å²) in [6, 6.07) is 5.09. The van der Waals surface area contributed by atoms with Gasteiger partial charge in [0.1, 0.15) is 11.6 Å². The van der Waals surface area contributed by atoms with Crippen LogP contribution < -0.4 is 0 Å². The number of fused-ring (bicyclic) bond motifs is 1. The Balaban J connectivity index is 2.78. The molecule has 0 aliphatic rings. The SMILES string of the molecule is Cc1cccc2c(C(=O)O)nc(CS(C)(=O)=O)n12. The highest BCUT2D eigenvalue weighted by Gasteiger charge is 2.19. The molecule has 2 rings (SSSR count). The molecule has 0 fully saturated rings. The Hall–Kier alpha value is -1.89. The van der Waals surface area contributed by atoms with Gasteiger partial charge in [-0.25, -0.2) is 18.2 Å². The lowest BCUT2D eigenvalue weighted by atomic mass is 10.3. The van der Waals surface area contributed by atoms with E-state index >= 15 is 0 Å². The molecule has 7 heteroatoms. The standard InChI is InChI=1S/C11H12N2O4S/c1-7-4-3-5-8-10(11(14)15)12-9(13(7)8)6-18(2,16)17/h3-5H,6H2,1-2H3,(H,14,15). The number of imidazole rings is 1. The minimum atomic E-state index is -3.27. The minimum Gasteiger partial charge on any atom is -0.476 e. The van der Waals surface area contributed by atoms with Crippen LogP contribution in [0.5, 0.6) is 0 Å². The Kier molecular flexibility index (Phi) is 2.86. The lowest BCUT2D eigenvalue weighted by Crippen LogP contribution is -2.06. The Labute approximate surface area is 104 Å². The first-order valence-electron chi connectivity index (χ1n) is 5.17. The molecule has 2 aromatic rings. The number of carboxylic acids is 1. The Morgan fingerprint density at radius 1 is 1.44 bits per heavy atom. The van der Waals surface area contributed by atoms with Crippen molar-refractivity contribution < 1.29 is 18.3 Å². The molecule has 2 heterocycles. The predicted octanol–water partition coefficient (Wildman–Crippen LogP) is 0.886. The van der Waals surface area contributed by atoms with Gasteiger partial charge in [0.05, 0.1) is 5.52 Å². The monoisotopic (exact) mass is 268 g/mol. The van der Waals surface area contributed by atoms with Crippen LogP contribution >= 0.6 is 0 Å². The zero-order chi connectivity index (χ0) is 13.5. The van der Waals surface area contributed by atoms with Crippen LogP contribution in [-0.4, -0.2) is 35.1 Å². The fourth-order valence-corrected chi connectivity index (χ4v) is 2.53. The summed E-state index contributed by atoms with van der Waals surface area (Å²) in [5, 5.41) is 9.06. The highest BCUT2D eigenvalue weighted by atomic mass is 32.2. The normalized spacial score (nSPS) is 11.9. The number of sulfone groups is 1. The van der Waals surface area contributed by atoms with Gasteiger partial charge >= 0.3 is 5.97 Å². The van der Waals surface area contributed by atoms with Gasteiger partial charge < -0.3 is 5.11 Å². The van der Waals surface area contributed by atoms with Crippen molar-refractivity contribution in [2.45, 2.75) is 12.7 Å². The highest BCUT2D eigenvalue weighted by Crippen LogP contribution is 2.17. The Bertz CT molecular complexity index is 731. The van der Waals surface area contributed by atoms with Gasteiger partial charge in [0.2, 0.25) is 0 Å². The lowest BCUT2D eigenvalue weighted by Gasteiger charge is -2.03. The van der Waals surface area contributed by atoms with E-state index < -0.39 is 15.8 Å². The summed E-state index contributed by atoms with van der Waals surface area (Å²) in [6.07, 6.45) is 1.09. The van der Waals surface area contributed by atoms with Crippen molar-refractivity contribution in [2.24, 2.45) is 0 Å². The topological polar surface area (TPSA) is 88.7 Å². The van der Waals surface area contributed by atoms with E-state index in [-0.39, 0.29) is 17.3 Å². The number of rotatable bonds is 3. The second-order valence-electron chi connectivity index (χ2n) is 4.14. The maximum Gasteiger partial charge on any atom is 0.356 e. The van der Waals surface area contributed by atoms with Crippen molar-refractivity contribution in [3.8, 4) is 0 Å². The van der Waals surface area contributed by atoms with E-state index in [1.54, 1.807) is 29.5 Å². The van der Waals surface area contributed by atoms with Crippen LogP contribution in [0, 0.1) is 6.92 Å². The third kappa shape index (κ3) is 2.21. The number of hydrogen-bond acceptors (Lipinski definition) is 4. The van der Waals surface area contributed by atoms with Crippen LogP contribution in [0.25, 0.3) is 5.52 Å². The molecule has 0 saturated heterocycles. The third-order valence-electron chi connectivity index (χ3n) is 2.52. The zero-order valence-corrected chi connectivity index (χ0v) is 10.7. The number of pyridine rings is 1. The number of aromatic carboxylic acids is 1. The highest BCUT2D eigenvalue weighted by molar-refractivity contribution is 7.89. The van der Waals surface area contributed by atoms with Gasteiger partial charge in [-0.1, -0.05) is 6.07 Å². The van der Waals surface area contributed by atoms with Crippen molar-refractivity contribution in [3.63, 3.8) is 0 Å². The lowest BCUT2D eigenvalue weighted by molar-refractivity contribution is 0.0693. The quantitative estimate of drug-likeness (QED) is 0.892. The van der Waals surface area contributed by atoms with Gasteiger partial charge in [0, 0.05) is 11.9 Å². The summed E-state index contributed by atoms with van der Waals surface area (Å²) in [6.45, 7) is 1.77. The van der Waals surface area contributed by atoms with E-state index in [2.05, 4.69) is 4.98 Å². The molecule has 0 saturated carbocycles. The zero-order valence-electron chi connectivity index (χ0n) is 9.91. The van der Waals surface area contributed by atoms with Crippen molar-refractivity contribution >= 4 is 21.3 Å². The summed E-state index contributed by atoms with van der Waals surface area (Å²) in [7, 11) is -3.27. The van der Waals surface area contributed by atoms with Crippen LogP contribution in [0.2, 0.25) is 0 Å². The second-order valence-corrected chi connectivity index (χ2v) is 6.28. The molecule has 6 nitrogen and oxygen atoms in total. The van der Waals surface area contributed by atoms with E-state index in [9.17, 15) is 13.2 Å². The molecule has 1 N–H and O–H groups in total. The van der Waals surface area contributed by atoms with Crippen molar-refractivity contribution in [2.75, 3.05) is 6.26 Å². The first-order valence-corrected chi connectivity index (χ1v) is 7.23. The summed E-state index contributed by atoms with van der Waals surface area (Å²) < 4.78 is 24.2. The molecule has 0 amide bonds. The van der Waals surface area contributed by atoms with Gasteiger partial charge in [0.25, 0.3) is 0 Å². The summed E-state index contributed by atoms with van der Waals surface area (Å²) in [4.78, 5) is 15.0. The molecular weight excluding hydrogens is 256 g/mol. The first-order chi connectivity index (χ1) is 8.29. The van der Waals surface area contributed by atoms with E-state index in [1.165, 1.54) is 0 Å². The Morgan fingerprint density at radius 2 is 2.11 bits per heavy atom. The summed E-state index contributed by atoms with van der Waals surface area (Å²) >= 11 is 0. The van der Waals surface area contributed by atoms with Crippen LogP contribution in [0.4, 0.5) is 0 Å². The summed E-state index contributed by atoms with van der Waals surface area (Å²) in [5.74, 6) is -1.23. The molecule has 0 aliphatic heterocycles. The molecular formula is C11H12N2O4S. The fourth-order valence-electron chi connectivity index (χ4n) is 1.87. The molecule has 2 aromatic heterocycles. The van der Waals surface area contributed by atoms with Gasteiger partial charge in [-0.3, -0.25) is 4.40 Å². The molecule has 0 unspecified atom stereocenters. The van der Waals surface area contributed by atoms with E-state index in [4.69, 9.17) is 5.11 Å². The molecule has 18 heavy (non-hydrogen) atoms. The van der Waals surface area contributed by atoms with Gasteiger partial charge in [0.15, 0.2) is 15.5 Å². The number of carbonyl (C=O) groups is 1. The number of nitrogens with zero attached hydrogens (tertiary/aromatic N) is 2. The maximum atomic E-state index is 11.3. The van der Waals surface area contributed by atoms with Crippen LogP contribution in [-0.2, 0) is 15.6 Å². The molecule has 0 aliphatic carbocycles. The maximum absolute atomic E-state index is 11.3. The molecule has 96 valence electrons. The van der Waals surface area contributed by atoms with Crippen LogP contribution in [0.3, 0.4) is 0 Å². The number of carboxylic acid groups (broad SMARTS) is 1. The number of aromatic nitrogens is 2.